The van der Waals surface area contributed by atoms with Crippen LogP contribution in [0.25, 0.3) is 0 Å². The fraction of sp³-hybridized carbons (Fsp3) is 0.0714. The second kappa shape index (κ2) is 6.25. The molecule has 0 atom stereocenters. The number of carbonyl (C=O) groups is 1. The quantitative estimate of drug-likeness (QED) is 0.872. The molecule has 2 aromatic rings. The normalized spacial score (nSPS) is 11.0. The van der Waals surface area contributed by atoms with E-state index in [1.54, 1.807) is 12.1 Å². The molecule has 2 aromatic carbocycles. The molecule has 0 amide bonds. The van der Waals surface area contributed by atoms with E-state index in [1.807, 2.05) is 0 Å². The summed E-state index contributed by atoms with van der Waals surface area (Å²) in [5.74, 6) is -1.20. The van der Waals surface area contributed by atoms with Crippen LogP contribution in [0.4, 0.5) is 5.69 Å². The van der Waals surface area contributed by atoms with E-state index in [1.165, 1.54) is 31.4 Å². The minimum atomic E-state index is -3.94. The van der Waals surface area contributed by atoms with Crippen LogP contribution in [0, 0.1) is 0 Å². The van der Waals surface area contributed by atoms with E-state index in [2.05, 4.69) is 4.72 Å². The molecule has 6 nitrogen and oxygen atoms in total. The van der Waals surface area contributed by atoms with Crippen molar-refractivity contribution >= 4 is 33.3 Å². The molecule has 0 bridgehead atoms. The summed E-state index contributed by atoms with van der Waals surface area (Å²) in [6, 6.07) is 9.76. The van der Waals surface area contributed by atoms with Crippen molar-refractivity contribution in [2.75, 3.05) is 11.8 Å². The first kappa shape index (κ1) is 16.1. The van der Waals surface area contributed by atoms with Crippen LogP contribution in [-0.2, 0) is 10.0 Å². The number of carboxylic acid groups (broad SMARTS) is 1. The van der Waals surface area contributed by atoms with Crippen molar-refractivity contribution in [2.24, 2.45) is 0 Å². The summed E-state index contributed by atoms with van der Waals surface area (Å²) >= 11 is 5.80. The summed E-state index contributed by atoms with van der Waals surface area (Å²) in [7, 11) is -2.63. The largest absolute Gasteiger partial charge is 0.496 e. The van der Waals surface area contributed by atoms with Gasteiger partial charge >= 0.3 is 5.97 Å². The van der Waals surface area contributed by atoms with Crippen LogP contribution >= 0.6 is 11.6 Å². The summed E-state index contributed by atoms with van der Waals surface area (Å²) in [5, 5.41) is 9.48. The zero-order valence-electron chi connectivity index (χ0n) is 11.4. The Labute approximate surface area is 132 Å². The second-order valence-electron chi connectivity index (χ2n) is 4.28. The first-order chi connectivity index (χ1) is 10.3. The predicted molar refractivity (Wildman–Crippen MR) is 82.2 cm³/mol. The molecule has 0 unspecified atom stereocenters. The number of rotatable bonds is 5. The third kappa shape index (κ3) is 3.49. The number of sulfonamides is 1. The van der Waals surface area contributed by atoms with Gasteiger partial charge in [0.2, 0.25) is 0 Å². The molecule has 0 spiro atoms. The van der Waals surface area contributed by atoms with Gasteiger partial charge in [0.05, 0.1) is 17.7 Å². The number of anilines is 1. The summed E-state index contributed by atoms with van der Waals surface area (Å²) in [5.41, 5.74) is 0.0386. The molecule has 2 N–H and O–H groups in total. The highest BCUT2D eigenvalue weighted by Gasteiger charge is 2.19. The Balaban J connectivity index is 2.41. The van der Waals surface area contributed by atoms with Gasteiger partial charge in [-0.15, -0.1) is 0 Å². The molecular formula is C14H12ClNO5S. The molecular weight excluding hydrogens is 330 g/mol. The van der Waals surface area contributed by atoms with Gasteiger partial charge in [-0.05, 0) is 36.4 Å². The van der Waals surface area contributed by atoms with Crippen molar-refractivity contribution in [2.45, 2.75) is 4.90 Å². The van der Waals surface area contributed by atoms with Gasteiger partial charge in [0, 0.05) is 5.02 Å². The number of methoxy groups -OCH3 is 1. The Morgan fingerprint density at radius 3 is 2.55 bits per heavy atom. The van der Waals surface area contributed by atoms with Crippen LogP contribution in [0.3, 0.4) is 0 Å². The summed E-state index contributed by atoms with van der Waals surface area (Å²) in [6.45, 7) is 0. The molecule has 8 heteroatoms. The Morgan fingerprint density at radius 2 is 1.95 bits per heavy atom. The maximum absolute atomic E-state index is 12.3. The number of hydrogen-bond donors (Lipinski definition) is 2. The number of aromatic carboxylic acids is 1. The van der Waals surface area contributed by atoms with Crippen molar-refractivity contribution in [1.82, 2.24) is 0 Å². The summed E-state index contributed by atoms with van der Waals surface area (Å²) in [4.78, 5) is 11.0. The van der Waals surface area contributed by atoms with Gasteiger partial charge in [-0.3, -0.25) is 4.72 Å². The predicted octanol–water partition coefficient (Wildman–Crippen LogP) is 2.85. The highest BCUT2D eigenvalue weighted by molar-refractivity contribution is 7.92. The van der Waals surface area contributed by atoms with Crippen LogP contribution in [0.5, 0.6) is 5.75 Å². The molecule has 0 aliphatic rings. The van der Waals surface area contributed by atoms with Gasteiger partial charge in [0.1, 0.15) is 11.3 Å². The molecule has 116 valence electrons. The van der Waals surface area contributed by atoms with E-state index in [0.29, 0.717) is 5.02 Å². The Hall–Kier alpha value is -2.25. The lowest BCUT2D eigenvalue weighted by atomic mass is 10.2. The van der Waals surface area contributed by atoms with E-state index in [0.717, 1.165) is 6.07 Å². The molecule has 0 heterocycles. The second-order valence-corrected chi connectivity index (χ2v) is 6.40. The van der Waals surface area contributed by atoms with E-state index < -0.39 is 16.0 Å². The number of ether oxygens (including phenoxy) is 1. The van der Waals surface area contributed by atoms with Crippen molar-refractivity contribution < 1.29 is 23.1 Å². The standard InChI is InChI=1S/C14H12ClNO5S/c1-21-13-6-5-11(8-12(13)14(17)18)22(19,20)16-10-4-2-3-9(15)7-10/h2-8,16H,1H3,(H,17,18). The Morgan fingerprint density at radius 1 is 1.23 bits per heavy atom. The van der Waals surface area contributed by atoms with Gasteiger partial charge in [-0.2, -0.15) is 0 Å². The zero-order valence-corrected chi connectivity index (χ0v) is 13.0. The number of benzene rings is 2. The lowest BCUT2D eigenvalue weighted by Gasteiger charge is -2.10. The van der Waals surface area contributed by atoms with E-state index in [-0.39, 0.29) is 21.9 Å². The minimum Gasteiger partial charge on any atom is -0.496 e. The number of carboxylic acids is 1. The molecule has 0 radical (unpaired) electrons. The van der Waals surface area contributed by atoms with Crippen LogP contribution in [-0.4, -0.2) is 26.6 Å². The average molecular weight is 342 g/mol. The Bertz CT molecular complexity index is 820. The van der Waals surface area contributed by atoms with Gasteiger partial charge in [0.15, 0.2) is 0 Å². The van der Waals surface area contributed by atoms with Gasteiger partial charge in [-0.1, -0.05) is 17.7 Å². The molecule has 0 aromatic heterocycles. The van der Waals surface area contributed by atoms with E-state index >= 15 is 0 Å². The molecule has 2 rings (SSSR count). The van der Waals surface area contributed by atoms with Crippen LogP contribution in [0.2, 0.25) is 5.02 Å². The molecule has 22 heavy (non-hydrogen) atoms. The molecule has 0 saturated carbocycles. The van der Waals surface area contributed by atoms with Gasteiger partial charge < -0.3 is 9.84 Å². The zero-order chi connectivity index (χ0) is 16.3. The smallest absolute Gasteiger partial charge is 0.339 e. The minimum absolute atomic E-state index is 0.0780. The van der Waals surface area contributed by atoms with Crippen LogP contribution < -0.4 is 9.46 Å². The highest BCUT2D eigenvalue weighted by Crippen LogP contribution is 2.24. The molecule has 0 fully saturated rings. The lowest BCUT2D eigenvalue weighted by molar-refractivity contribution is 0.0693. The fourth-order valence-electron chi connectivity index (χ4n) is 1.79. The van der Waals surface area contributed by atoms with Gasteiger partial charge in [-0.25, -0.2) is 13.2 Å². The Kier molecular flexibility index (Phi) is 4.58. The summed E-state index contributed by atoms with van der Waals surface area (Å²) < 4.78 is 31.8. The van der Waals surface area contributed by atoms with Crippen molar-refractivity contribution in [3.8, 4) is 5.75 Å². The number of halogens is 1. The molecule has 0 aliphatic carbocycles. The lowest BCUT2D eigenvalue weighted by Crippen LogP contribution is -2.14. The van der Waals surface area contributed by atoms with E-state index in [9.17, 15) is 13.2 Å². The molecule has 0 saturated heterocycles. The van der Waals surface area contributed by atoms with Crippen molar-refractivity contribution in [3.05, 3.63) is 53.1 Å². The first-order valence-corrected chi connectivity index (χ1v) is 7.89. The fourth-order valence-corrected chi connectivity index (χ4v) is 3.05. The maximum Gasteiger partial charge on any atom is 0.339 e. The topological polar surface area (TPSA) is 92.7 Å². The third-order valence-electron chi connectivity index (χ3n) is 2.79. The highest BCUT2D eigenvalue weighted by atomic mass is 35.5. The SMILES string of the molecule is COc1ccc(S(=O)(=O)Nc2cccc(Cl)c2)cc1C(=O)O. The van der Waals surface area contributed by atoms with Crippen molar-refractivity contribution in [3.63, 3.8) is 0 Å². The number of hydrogen-bond acceptors (Lipinski definition) is 4. The number of nitrogens with one attached hydrogen (secondary N) is 1. The third-order valence-corrected chi connectivity index (χ3v) is 4.40. The first-order valence-electron chi connectivity index (χ1n) is 6.03. The van der Waals surface area contributed by atoms with Crippen molar-refractivity contribution in [1.29, 1.82) is 0 Å². The maximum atomic E-state index is 12.3. The van der Waals surface area contributed by atoms with Crippen LogP contribution in [0.15, 0.2) is 47.4 Å². The monoisotopic (exact) mass is 341 g/mol. The van der Waals surface area contributed by atoms with Gasteiger partial charge in [0.25, 0.3) is 10.0 Å². The van der Waals surface area contributed by atoms with Crippen LogP contribution in [0.1, 0.15) is 10.4 Å². The van der Waals surface area contributed by atoms with E-state index in [4.69, 9.17) is 21.4 Å². The summed E-state index contributed by atoms with van der Waals surface area (Å²) in [6.07, 6.45) is 0. The average Bonchev–Trinajstić information content (AvgIpc) is 2.46. The molecule has 0 aliphatic heterocycles.